The molecule has 0 aliphatic carbocycles. The molecule has 0 atom stereocenters. The Hall–Kier alpha value is -2.08. The lowest BCUT2D eigenvalue weighted by molar-refractivity contribution is 1.46. The molecule has 0 bridgehead atoms. The summed E-state index contributed by atoms with van der Waals surface area (Å²) in [5.74, 6) is 0. The van der Waals surface area contributed by atoms with E-state index in [0.29, 0.717) is 0 Å². The second kappa shape index (κ2) is 6.02. The number of hydrogen-bond acceptors (Lipinski definition) is 0. The van der Waals surface area contributed by atoms with Gasteiger partial charge in [0.1, 0.15) is 0 Å². The van der Waals surface area contributed by atoms with Crippen LogP contribution in [0, 0.1) is 13.8 Å². The van der Waals surface area contributed by atoms with Crippen LogP contribution in [0.4, 0.5) is 0 Å². The van der Waals surface area contributed by atoms with Crippen LogP contribution in [0.5, 0.6) is 0 Å². The number of allylic oxidation sites excluding steroid dienone is 2. The van der Waals surface area contributed by atoms with Gasteiger partial charge in [0.2, 0.25) is 0 Å². The minimum absolute atomic E-state index is 1.23. The number of benzene rings is 2. The third-order valence-corrected chi connectivity index (χ3v) is 2.81. The van der Waals surface area contributed by atoms with Crippen LogP contribution in [0.15, 0.2) is 60.7 Å². The van der Waals surface area contributed by atoms with Gasteiger partial charge in [-0.2, -0.15) is 0 Å². The Kier molecular flexibility index (Phi) is 4.14. The van der Waals surface area contributed by atoms with Gasteiger partial charge in [-0.3, -0.25) is 0 Å². The van der Waals surface area contributed by atoms with E-state index >= 15 is 0 Å². The molecule has 2 aromatic carbocycles. The quantitative estimate of drug-likeness (QED) is 0.653. The Morgan fingerprint density at radius 2 is 1.33 bits per heavy atom. The second-order valence-electron chi connectivity index (χ2n) is 4.54. The first kappa shape index (κ1) is 12.4. The van der Waals surface area contributed by atoms with Crippen molar-refractivity contribution in [1.29, 1.82) is 0 Å². The maximum absolute atomic E-state index is 2.18. The summed E-state index contributed by atoms with van der Waals surface area (Å²) in [5, 5.41) is 0. The van der Waals surface area contributed by atoms with Crippen LogP contribution in [0.25, 0.3) is 12.2 Å². The first-order valence-corrected chi connectivity index (χ1v) is 6.22. The van der Waals surface area contributed by atoms with Gasteiger partial charge in [-0.15, -0.1) is 0 Å². The normalized spacial score (nSPS) is 11.4. The van der Waals surface area contributed by atoms with Gasteiger partial charge in [0.15, 0.2) is 0 Å². The van der Waals surface area contributed by atoms with Gasteiger partial charge < -0.3 is 0 Å². The summed E-state index contributed by atoms with van der Waals surface area (Å²) in [4.78, 5) is 0. The summed E-state index contributed by atoms with van der Waals surface area (Å²) in [6.45, 7) is 4.21. The Morgan fingerprint density at radius 3 is 2.00 bits per heavy atom. The van der Waals surface area contributed by atoms with Crippen molar-refractivity contribution in [1.82, 2.24) is 0 Å². The summed E-state index contributed by atoms with van der Waals surface area (Å²) in [6, 6.07) is 17.0. The molecule has 0 spiro atoms. The monoisotopic (exact) mass is 234 g/mol. The fourth-order valence-corrected chi connectivity index (χ4v) is 1.78. The van der Waals surface area contributed by atoms with Crippen LogP contribution >= 0.6 is 0 Å². The van der Waals surface area contributed by atoms with E-state index in [-0.39, 0.29) is 0 Å². The van der Waals surface area contributed by atoms with Crippen LogP contribution in [0.1, 0.15) is 22.3 Å². The third kappa shape index (κ3) is 3.74. The van der Waals surface area contributed by atoms with Gasteiger partial charge in [0.05, 0.1) is 0 Å². The summed E-state index contributed by atoms with van der Waals surface area (Å²) >= 11 is 0. The zero-order valence-electron chi connectivity index (χ0n) is 10.9. The smallest absolute Gasteiger partial charge is 0.0254 e. The second-order valence-corrected chi connectivity index (χ2v) is 4.54. The van der Waals surface area contributed by atoms with E-state index in [1.165, 1.54) is 22.3 Å². The average molecular weight is 234 g/mol. The zero-order chi connectivity index (χ0) is 12.8. The molecule has 0 amide bonds. The number of hydrogen-bond donors (Lipinski definition) is 0. The van der Waals surface area contributed by atoms with Gasteiger partial charge in [-0.05, 0) is 25.0 Å². The molecule has 0 N–H and O–H groups in total. The molecule has 18 heavy (non-hydrogen) atoms. The highest BCUT2D eigenvalue weighted by Crippen LogP contribution is 2.07. The minimum atomic E-state index is 1.23. The van der Waals surface area contributed by atoms with Gasteiger partial charge in [-0.25, -0.2) is 0 Å². The molecule has 0 saturated heterocycles. The SMILES string of the molecule is Cc1ccc(/C=C/C=C/c2cccc(C)c2)cc1. The maximum atomic E-state index is 2.18. The Labute approximate surface area is 109 Å². The van der Waals surface area contributed by atoms with E-state index in [9.17, 15) is 0 Å². The summed E-state index contributed by atoms with van der Waals surface area (Å²) < 4.78 is 0. The highest BCUT2D eigenvalue weighted by molar-refractivity contribution is 5.57. The van der Waals surface area contributed by atoms with E-state index < -0.39 is 0 Å². The lowest BCUT2D eigenvalue weighted by Gasteiger charge is -1.95. The predicted molar refractivity (Wildman–Crippen MR) is 80.4 cm³/mol. The highest BCUT2D eigenvalue weighted by Gasteiger charge is 1.86. The first-order chi connectivity index (χ1) is 8.74. The van der Waals surface area contributed by atoms with Crippen molar-refractivity contribution in [3.63, 3.8) is 0 Å². The average Bonchev–Trinajstić information content (AvgIpc) is 2.37. The van der Waals surface area contributed by atoms with Crippen molar-refractivity contribution in [2.75, 3.05) is 0 Å². The lowest BCUT2D eigenvalue weighted by Crippen LogP contribution is -1.74. The molecular weight excluding hydrogens is 216 g/mol. The summed E-state index contributed by atoms with van der Waals surface area (Å²) in [5.41, 5.74) is 5.06. The molecular formula is C18H18. The predicted octanol–water partition coefficient (Wildman–Crippen LogP) is 5.03. The molecule has 0 heterocycles. The summed E-state index contributed by atoms with van der Waals surface area (Å²) in [7, 11) is 0. The fourth-order valence-electron chi connectivity index (χ4n) is 1.78. The molecule has 0 heteroatoms. The van der Waals surface area contributed by atoms with Gasteiger partial charge in [0, 0.05) is 0 Å². The van der Waals surface area contributed by atoms with E-state index in [2.05, 4.69) is 86.7 Å². The highest BCUT2D eigenvalue weighted by atomic mass is 13.9. The molecule has 0 nitrogen and oxygen atoms in total. The van der Waals surface area contributed by atoms with Crippen LogP contribution in [0.3, 0.4) is 0 Å². The van der Waals surface area contributed by atoms with Crippen molar-refractivity contribution < 1.29 is 0 Å². The Bertz CT molecular complexity index is 557. The molecule has 0 saturated carbocycles. The molecule has 0 aromatic heterocycles. The Morgan fingerprint density at radius 1 is 0.667 bits per heavy atom. The minimum Gasteiger partial charge on any atom is -0.0617 e. The first-order valence-electron chi connectivity index (χ1n) is 6.22. The van der Waals surface area contributed by atoms with E-state index in [1.807, 2.05) is 0 Å². The van der Waals surface area contributed by atoms with Crippen LogP contribution in [-0.4, -0.2) is 0 Å². The van der Waals surface area contributed by atoms with Gasteiger partial charge in [0.25, 0.3) is 0 Å². The van der Waals surface area contributed by atoms with E-state index in [1.54, 1.807) is 0 Å². The molecule has 90 valence electrons. The fraction of sp³-hybridized carbons (Fsp3) is 0.111. The largest absolute Gasteiger partial charge is 0.0617 e. The molecule has 2 rings (SSSR count). The molecule has 2 aromatic rings. The van der Waals surface area contributed by atoms with Crippen LogP contribution in [0.2, 0.25) is 0 Å². The topological polar surface area (TPSA) is 0 Å². The van der Waals surface area contributed by atoms with Crippen molar-refractivity contribution in [3.8, 4) is 0 Å². The van der Waals surface area contributed by atoms with E-state index in [4.69, 9.17) is 0 Å². The molecule has 0 radical (unpaired) electrons. The number of aryl methyl sites for hydroxylation is 2. The van der Waals surface area contributed by atoms with E-state index in [0.717, 1.165) is 0 Å². The Balaban J connectivity index is 2.01. The summed E-state index contributed by atoms with van der Waals surface area (Å²) in [6.07, 6.45) is 8.39. The van der Waals surface area contributed by atoms with Crippen molar-refractivity contribution >= 4 is 12.2 Å². The van der Waals surface area contributed by atoms with Crippen LogP contribution in [-0.2, 0) is 0 Å². The third-order valence-electron chi connectivity index (χ3n) is 2.81. The maximum Gasteiger partial charge on any atom is -0.0254 e. The molecule has 0 unspecified atom stereocenters. The van der Waals surface area contributed by atoms with Gasteiger partial charge in [-0.1, -0.05) is 84.0 Å². The zero-order valence-corrected chi connectivity index (χ0v) is 10.9. The van der Waals surface area contributed by atoms with Crippen molar-refractivity contribution in [2.24, 2.45) is 0 Å². The molecule has 0 aliphatic rings. The molecule has 0 aliphatic heterocycles. The molecule has 0 fully saturated rings. The van der Waals surface area contributed by atoms with Crippen LogP contribution < -0.4 is 0 Å². The lowest BCUT2D eigenvalue weighted by atomic mass is 10.1. The van der Waals surface area contributed by atoms with Gasteiger partial charge >= 0.3 is 0 Å². The van der Waals surface area contributed by atoms with Crippen molar-refractivity contribution in [3.05, 3.63) is 82.9 Å². The van der Waals surface area contributed by atoms with Crippen molar-refractivity contribution in [2.45, 2.75) is 13.8 Å². The standard InChI is InChI=1S/C18H18/c1-15-10-12-17(13-11-15)7-3-4-8-18-9-5-6-16(2)14-18/h3-14H,1-2H3/b7-3+,8-4+. The number of rotatable bonds is 3.